The van der Waals surface area contributed by atoms with E-state index in [9.17, 15) is 13.2 Å². The molecule has 0 saturated carbocycles. The third-order valence-electron chi connectivity index (χ3n) is 0.912. The summed E-state index contributed by atoms with van der Waals surface area (Å²) in [4.78, 5) is 3.08. The lowest BCUT2D eigenvalue weighted by Crippen LogP contribution is -2.14. The molecule has 0 spiro atoms. The first-order valence-corrected chi connectivity index (χ1v) is 3.09. The third kappa shape index (κ3) is 5.72. The number of aliphatic hydroxyl groups is 1. The summed E-state index contributed by atoms with van der Waals surface area (Å²) in [5.41, 5.74) is 4.80. The van der Waals surface area contributed by atoms with Gasteiger partial charge < -0.3 is 10.8 Å². The molecule has 0 aromatic carbocycles. The van der Waals surface area contributed by atoms with E-state index in [0.29, 0.717) is 0 Å². The van der Waals surface area contributed by atoms with Gasteiger partial charge in [-0.2, -0.15) is 13.2 Å². The van der Waals surface area contributed by atoms with E-state index < -0.39 is 19.3 Å². The Morgan fingerprint density at radius 2 is 2.08 bits per heavy atom. The highest BCUT2D eigenvalue weighted by Crippen LogP contribution is 2.14. The highest BCUT2D eigenvalue weighted by Gasteiger charge is 2.26. The van der Waals surface area contributed by atoms with Crippen molar-refractivity contribution in [3.8, 4) is 0 Å². The second-order valence-corrected chi connectivity index (χ2v) is 1.94. The number of hydrogen-bond acceptors (Lipinski definition) is 3. The topological polar surface area (TPSA) is 58.6 Å². The van der Waals surface area contributed by atoms with E-state index in [4.69, 9.17) is 10.8 Å². The Morgan fingerprint density at radius 1 is 1.50 bits per heavy atom. The molecule has 6 heteroatoms. The lowest BCUT2D eigenvalue weighted by molar-refractivity contribution is -0.118. The van der Waals surface area contributed by atoms with Crippen molar-refractivity contribution in [1.29, 1.82) is 0 Å². The van der Waals surface area contributed by atoms with Crippen LogP contribution in [0.15, 0.2) is 17.3 Å². The van der Waals surface area contributed by atoms with Crippen molar-refractivity contribution in [3.63, 3.8) is 0 Å². The fraction of sp³-hybridized carbons (Fsp3) is 0.500. The molecule has 0 atom stereocenters. The molecule has 0 fully saturated rings. The molecule has 0 saturated heterocycles. The van der Waals surface area contributed by atoms with Gasteiger partial charge in [0, 0.05) is 0 Å². The summed E-state index contributed by atoms with van der Waals surface area (Å²) in [7, 11) is 0. The third-order valence-corrected chi connectivity index (χ3v) is 0.912. The summed E-state index contributed by atoms with van der Waals surface area (Å²) in [6.07, 6.45) is -2.21. The number of nitrogens with zero attached hydrogens (tertiary/aromatic N) is 1. The van der Waals surface area contributed by atoms with Crippen LogP contribution < -0.4 is 5.73 Å². The first-order valence-electron chi connectivity index (χ1n) is 3.09. The van der Waals surface area contributed by atoms with Gasteiger partial charge in [-0.3, -0.25) is 4.99 Å². The van der Waals surface area contributed by atoms with Gasteiger partial charge in [0.15, 0.2) is 0 Å². The van der Waals surface area contributed by atoms with Crippen LogP contribution >= 0.6 is 0 Å². The fourth-order valence-corrected chi connectivity index (χ4v) is 0.458. The molecule has 0 aliphatic carbocycles. The van der Waals surface area contributed by atoms with Crippen LogP contribution in [0.25, 0.3) is 0 Å². The molecule has 70 valence electrons. The molecular formula is C6H9F3N2O. The zero-order chi connectivity index (χ0) is 9.61. The van der Waals surface area contributed by atoms with E-state index >= 15 is 0 Å². The van der Waals surface area contributed by atoms with Gasteiger partial charge in [0.05, 0.1) is 12.3 Å². The van der Waals surface area contributed by atoms with Gasteiger partial charge >= 0.3 is 6.18 Å². The molecule has 0 aromatic heterocycles. The number of aliphatic hydroxyl groups excluding tert-OH is 1. The van der Waals surface area contributed by atoms with Crippen molar-refractivity contribution in [1.82, 2.24) is 0 Å². The average Bonchev–Trinajstić information content (AvgIpc) is 1.96. The van der Waals surface area contributed by atoms with E-state index in [0.717, 1.165) is 12.3 Å². The molecular weight excluding hydrogens is 173 g/mol. The molecule has 0 radical (unpaired) electrons. The minimum Gasteiger partial charge on any atom is -0.405 e. The summed E-state index contributed by atoms with van der Waals surface area (Å²) < 4.78 is 34.6. The summed E-state index contributed by atoms with van der Waals surface area (Å²) >= 11 is 0. The number of alkyl halides is 3. The van der Waals surface area contributed by atoms with Crippen LogP contribution in [0, 0.1) is 0 Å². The Balaban J connectivity index is 4.12. The summed E-state index contributed by atoms with van der Waals surface area (Å²) in [5, 5.41) is 8.45. The molecule has 3 nitrogen and oxygen atoms in total. The maximum Gasteiger partial charge on any atom is 0.407 e. The van der Waals surface area contributed by atoms with Gasteiger partial charge in [-0.15, -0.1) is 0 Å². The summed E-state index contributed by atoms with van der Waals surface area (Å²) in [5.74, 6) is 0. The molecule has 0 aliphatic heterocycles. The van der Waals surface area contributed by atoms with Gasteiger partial charge in [-0.25, -0.2) is 0 Å². The normalized spacial score (nSPS) is 14.2. The van der Waals surface area contributed by atoms with E-state index in [1.807, 2.05) is 0 Å². The first-order chi connectivity index (χ1) is 5.49. The maximum absolute atomic E-state index is 11.5. The SMILES string of the molecule is NC=CC(CO)=NCC(F)(F)F. The van der Waals surface area contributed by atoms with Crippen LogP contribution in [0.3, 0.4) is 0 Å². The lowest BCUT2D eigenvalue weighted by Gasteiger charge is -2.02. The zero-order valence-electron chi connectivity index (χ0n) is 6.17. The monoisotopic (exact) mass is 182 g/mol. The molecule has 3 N–H and O–H groups in total. The van der Waals surface area contributed by atoms with E-state index in [2.05, 4.69) is 4.99 Å². The minimum atomic E-state index is -4.34. The quantitative estimate of drug-likeness (QED) is 0.623. The van der Waals surface area contributed by atoms with E-state index in [1.54, 1.807) is 0 Å². The summed E-state index contributed by atoms with van der Waals surface area (Å²) in [6, 6.07) is 0. The van der Waals surface area contributed by atoms with Crippen molar-refractivity contribution >= 4 is 5.71 Å². The van der Waals surface area contributed by atoms with Crippen LogP contribution in [0.2, 0.25) is 0 Å². The fourth-order valence-electron chi connectivity index (χ4n) is 0.458. The number of hydrogen-bond donors (Lipinski definition) is 2. The molecule has 12 heavy (non-hydrogen) atoms. The Labute approximate surface area is 67.4 Å². The predicted octanol–water partition coefficient (Wildman–Crippen LogP) is 0.454. The summed E-state index contributed by atoms with van der Waals surface area (Å²) in [6.45, 7) is -1.85. The molecule has 0 unspecified atom stereocenters. The molecule has 0 aromatic rings. The van der Waals surface area contributed by atoms with E-state index in [1.165, 1.54) is 0 Å². The van der Waals surface area contributed by atoms with Crippen LogP contribution in [-0.4, -0.2) is 30.1 Å². The van der Waals surface area contributed by atoms with Gasteiger partial charge in [0.2, 0.25) is 0 Å². The van der Waals surface area contributed by atoms with Crippen molar-refractivity contribution in [2.45, 2.75) is 6.18 Å². The molecule has 0 aliphatic rings. The van der Waals surface area contributed by atoms with Crippen LogP contribution in [0.4, 0.5) is 13.2 Å². The van der Waals surface area contributed by atoms with Gasteiger partial charge in [0.1, 0.15) is 6.54 Å². The smallest absolute Gasteiger partial charge is 0.405 e. The van der Waals surface area contributed by atoms with Gasteiger partial charge in [-0.1, -0.05) is 0 Å². The highest BCUT2D eigenvalue weighted by molar-refractivity contribution is 5.95. The van der Waals surface area contributed by atoms with Gasteiger partial charge in [0.25, 0.3) is 0 Å². The van der Waals surface area contributed by atoms with Crippen molar-refractivity contribution in [2.24, 2.45) is 10.7 Å². The van der Waals surface area contributed by atoms with Crippen molar-refractivity contribution in [2.75, 3.05) is 13.2 Å². The van der Waals surface area contributed by atoms with E-state index in [-0.39, 0.29) is 5.71 Å². The largest absolute Gasteiger partial charge is 0.407 e. The van der Waals surface area contributed by atoms with Crippen LogP contribution in [-0.2, 0) is 0 Å². The van der Waals surface area contributed by atoms with Crippen molar-refractivity contribution in [3.05, 3.63) is 12.3 Å². The number of aliphatic imine (C=N–C) groups is 1. The molecule has 0 bridgehead atoms. The second-order valence-electron chi connectivity index (χ2n) is 1.94. The molecule has 0 rings (SSSR count). The number of halogens is 3. The predicted molar refractivity (Wildman–Crippen MR) is 38.8 cm³/mol. The second kappa shape index (κ2) is 4.76. The van der Waals surface area contributed by atoms with Crippen LogP contribution in [0.5, 0.6) is 0 Å². The Bertz CT molecular complexity index is 186. The average molecular weight is 182 g/mol. The maximum atomic E-state index is 11.5. The standard InChI is InChI=1S/C6H9F3N2O/c7-6(8,9)4-11-5(3-12)1-2-10/h1-2,12H,3-4,10H2. The number of rotatable bonds is 3. The van der Waals surface area contributed by atoms with Crippen molar-refractivity contribution < 1.29 is 18.3 Å². The molecule has 0 heterocycles. The Kier molecular flexibility index (Phi) is 4.35. The Hall–Kier alpha value is -1.04. The lowest BCUT2D eigenvalue weighted by atomic mass is 10.4. The van der Waals surface area contributed by atoms with Crippen LogP contribution in [0.1, 0.15) is 0 Å². The molecule has 0 amide bonds. The van der Waals surface area contributed by atoms with Gasteiger partial charge in [-0.05, 0) is 12.3 Å². The Morgan fingerprint density at radius 3 is 2.42 bits per heavy atom. The minimum absolute atomic E-state index is 0.0881. The zero-order valence-corrected chi connectivity index (χ0v) is 6.17. The highest BCUT2D eigenvalue weighted by atomic mass is 19.4. The first kappa shape index (κ1) is 11.0. The number of nitrogens with two attached hydrogens (primary N) is 1.